The number of carboxylic acid groups (broad SMARTS) is 1. The minimum atomic E-state index is -0.901. The molecule has 1 N–H and O–H groups in total. The second-order valence-electron chi connectivity index (χ2n) is 4.42. The van der Waals surface area contributed by atoms with Crippen molar-refractivity contribution in [1.29, 1.82) is 0 Å². The predicted octanol–water partition coefficient (Wildman–Crippen LogP) is 1.56. The van der Waals surface area contributed by atoms with Gasteiger partial charge in [0.05, 0.1) is 18.8 Å². The normalized spacial score (nSPS) is 19.2. The van der Waals surface area contributed by atoms with E-state index >= 15 is 0 Å². The van der Waals surface area contributed by atoms with E-state index in [2.05, 4.69) is 4.74 Å². The van der Waals surface area contributed by atoms with Gasteiger partial charge >= 0.3 is 17.9 Å². The van der Waals surface area contributed by atoms with Crippen LogP contribution in [0.5, 0.6) is 0 Å². The van der Waals surface area contributed by atoms with E-state index in [1.807, 2.05) is 13.8 Å². The van der Waals surface area contributed by atoms with Crippen molar-refractivity contribution >= 4 is 23.7 Å². The summed E-state index contributed by atoms with van der Waals surface area (Å²) in [5, 5.41) is 8.31. The number of cyclic esters (lactones) is 2. The van der Waals surface area contributed by atoms with Crippen molar-refractivity contribution in [3.05, 3.63) is 0 Å². The van der Waals surface area contributed by atoms with E-state index in [0.717, 1.165) is 0 Å². The third-order valence-electron chi connectivity index (χ3n) is 2.94. The number of Topliss-reactive ketones (excluding diaryl/α,β-unsaturated/α-hetero) is 1. The Morgan fingerprint density at radius 2 is 1.95 bits per heavy atom. The smallest absolute Gasteiger partial charge is 0.317 e. The average molecular weight is 272 g/mol. The van der Waals surface area contributed by atoms with Crippen LogP contribution in [-0.4, -0.2) is 28.8 Å². The molecule has 1 saturated heterocycles. The number of carboxylic acids is 1. The highest BCUT2D eigenvalue weighted by Crippen LogP contribution is 2.18. The lowest BCUT2D eigenvalue weighted by Crippen LogP contribution is -2.14. The van der Waals surface area contributed by atoms with Gasteiger partial charge in [-0.3, -0.25) is 19.2 Å². The minimum Gasteiger partial charge on any atom is -0.481 e. The van der Waals surface area contributed by atoms with E-state index in [1.54, 1.807) is 0 Å². The highest BCUT2D eigenvalue weighted by Gasteiger charge is 2.31. The Morgan fingerprint density at radius 1 is 1.37 bits per heavy atom. The number of rotatable bonds is 5. The van der Waals surface area contributed by atoms with Gasteiger partial charge < -0.3 is 9.84 Å². The van der Waals surface area contributed by atoms with Crippen LogP contribution in [0.3, 0.4) is 0 Å². The monoisotopic (exact) mass is 272 g/mol. The molecule has 2 unspecified atom stereocenters. The van der Waals surface area contributed by atoms with Crippen LogP contribution in [0, 0.1) is 11.8 Å². The van der Waals surface area contributed by atoms with Crippen LogP contribution < -0.4 is 0 Å². The van der Waals surface area contributed by atoms with Gasteiger partial charge in [-0.2, -0.15) is 0 Å². The standard InChI is InChI=1S/C7H12O3.C6H8O3/c1-3-6(5(2)8)4-7(9)10;1-2-4-3-5(7)9-6(4)8/h6H,3-4H2,1-2H3,(H,9,10);4H,2-3H2,1H3. The number of ether oxygens (including phenoxy) is 1. The Bertz CT molecular complexity index is 360. The molecule has 1 fully saturated rings. The number of carbonyl (C=O) groups is 4. The first-order chi connectivity index (χ1) is 8.81. The van der Waals surface area contributed by atoms with E-state index in [9.17, 15) is 19.2 Å². The van der Waals surface area contributed by atoms with Crippen molar-refractivity contribution in [2.45, 2.75) is 46.5 Å². The maximum absolute atomic E-state index is 10.6. The zero-order valence-electron chi connectivity index (χ0n) is 11.5. The molecular formula is C13H20O6. The maximum Gasteiger partial charge on any atom is 0.317 e. The molecule has 0 aromatic heterocycles. The molecule has 0 bridgehead atoms. The van der Waals surface area contributed by atoms with Crippen molar-refractivity contribution in [3.63, 3.8) is 0 Å². The number of aliphatic carboxylic acids is 1. The van der Waals surface area contributed by atoms with Crippen LogP contribution in [0.25, 0.3) is 0 Å². The van der Waals surface area contributed by atoms with Crippen molar-refractivity contribution in [3.8, 4) is 0 Å². The molecule has 1 aliphatic heterocycles. The molecule has 2 atom stereocenters. The number of hydrogen-bond donors (Lipinski definition) is 1. The molecule has 6 nitrogen and oxygen atoms in total. The Balaban J connectivity index is 0.000000342. The van der Waals surface area contributed by atoms with Gasteiger partial charge in [-0.25, -0.2) is 0 Å². The molecule has 1 heterocycles. The molecule has 0 radical (unpaired) electrons. The summed E-state index contributed by atoms with van der Waals surface area (Å²) in [6.45, 7) is 5.11. The zero-order valence-corrected chi connectivity index (χ0v) is 11.5. The van der Waals surface area contributed by atoms with E-state index in [1.165, 1.54) is 6.92 Å². The fourth-order valence-electron chi connectivity index (χ4n) is 1.62. The van der Waals surface area contributed by atoms with Gasteiger partial charge in [0, 0.05) is 5.92 Å². The Morgan fingerprint density at radius 3 is 2.11 bits per heavy atom. The largest absolute Gasteiger partial charge is 0.481 e. The summed E-state index contributed by atoms with van der Waals surface area (Å²) < 4.78 is 4.29. The molecule has 1 rings (SSSR count). The number of carbonyl (C=O) groups excluding carboxylic acids is 3. The summed E-state index contributed by atoms with van der Waals surface area (Å²) in [5.41, 5.74) is 0. The molecular weight excluding hydrogens is 252 g/mol. The summed E-state index contributed by atoms with van der Waals surface area (Å²) in [7, 11) is 0. The van der Waals surface area contributed by atoms with E-state index in [-0.39, 0.29) is 42.4 Å². The van der Waals surface area contributed by atoms with E-state index in [0.29, 0.717) is 12.8 Å². The summed E-state index contributed by atoms with van der Waals surface area (Å²) in [5.74, 6) is -2.14. The topological polar surface area (TPSA) is 97.7 Å². The van der Waals surface area contributed by atoms with Crippen LogP contribution in [0.15, 0.2) is 0 Å². The molecule has 1 aliphatic rings. The Kier molecular flexibility index (Phi) is 7.63. The van der Waals surface area contributed by atoms with Gasteiger partial charge in [0.1, 0.15) is 5.78 Å². The number of esters is 2. The molecule has 0 aromatic carbocycles. The Hall–Kier alpha value is -1.72. The fourth-order valence-corrected chi connectivity index (χ4v) is 1.62. The van der Waals surface area contributed by atoms with Crippen molar-refractivity contribution < 1.29 is 29.0 Å². The quantitative estimate of drug-likeness (QED) is 0.602. The van der Waals surface area contributed by atoms with Crippen molar-refractivity contribution in [2.24, 2.45) is 11.8 Å². The molecule has 0 aromatic rings. The second-order valence-corrected chi connectivity index (χ2v) is 4.42. The Labute approximate surface area is 112 Å². The van der Waals surface area contributed by atoms with Gasteiger partial charge in [0.15, 0.2) is 0 Å². The van der Waals surface area contributed by atoms with Crippen LogP contribution in [0.4, 0.5) is 0 Å². The third kappa shape index (κ3) is 6.69. The van der Waals surface area contributed by atoms with Gasteiger partial charge in [-0.1, -0.05) is 13.8 Å². The van der Waals surface area contributed by atoms with Gasteiger partial charge in [-0.05, 0) is 19.8 Å². The van der Waals surface area contributed by atoms with Gasteiger partial charge in [0.2, 0.25) is 0 Å². The molecule has 108 valence electrons. The first-order valence-corrected chi connectivity index (χ1v) is 6.28. The maximum atomic E-state index is 10.6. The van der Waals surface area contributed by atoms with Crippen LogP contribution in [0.1, 0.15) is 46.5 Å². The highest BCUT2D eigenvalue weighted by molar-refractivity contribution is 5.94. The molecule has 0 aliphatic carbocycles. The first kappa shape index (κ1) is 17.3. The number of hydrogen-bond acceptors (Lipinski definition) is 5. The fraction of sp³-hybridized carbons (Fsp3) is 0.692. The molecule has 0 spiro atoms. The SMILES string of the molecule is CCC(CC(=O)O)C(C)=O.CCC1CC(=O)OC1=O. The zero-order chi connectivity index (χ0) is 15.0. The molecule has 0 amide bonds. The summed E-state index contributed by atoms with van der Waals surface area (Å²) in [6, 6.07) is 0. The summed E-state index contributed by atoms with van der Waals surface area (Å²) in [4.78, 5) is 41.7. The van der Waals surface area contributed by atoms with Gasteiger partial charge in [0.25, 0.3) is 0 Å². The second kappa shape index (κ2) is 8.39. The van der Waals surface area contributed by atoms with E-state index < -0.39 is 5.97 Å². The lowest BCUT2D eigenvalue weighted by Gasteiger charge is -2.05. The molecule has 6 heteroatoms. The first-order valence-electron chi connectivity index (χ1n) is 6.28. The van der Waals surface area contributed by atoms with E-state index in [4.69, 9.17) is 5.11 Å². The highest BCUT2D eigenvalue weighted by atomic mass is 16.6. The minimum absolute atomic E-state index is 0.0359. The third-order valence-corrected chi connectivity index (χ3v) is 2.94. The lowest BCUT2D eigenvalue weighted by atomic mass is 9.99. The number of ketones is 1. The van der Waals surface area contributed by atoms with Crippen molar-refractivity contribution in [1.82, 2.24) is 0 Å². The summed E-state index contributed by atoms with van der Waals surface area (Å²) >= 11 is 0. The van der Waals surface area contributed by atoms with Crippen LogP contribution >= 0.6 is 0 Å². The van der Waals surface area contributed by atoms with Crippen LogP contribution in [-0.2, 0) is 23.9 Å². The van der Waals surface area contributed by atoms with Crippen molar-refractivity contribution in [2.75, 3.05) is 0 Å². The van der Waals surface area contributed by atoms with Crippen LogP contribution in [0.2, 0.25) is 0 Å². The van der Waals surface area contributed by atoms with Gasteiger partial charge in [-0.15, -0.1) is 0 Å². The molecule has 0 saturated carbocycles. The lowest BCUT2D eigenvalue weighted by molar-refractivity contribution is -0.153. The average Bonchev–Trinajstić information content (AvgIpc) is 2.64. The predicted molar refractivity (Wildman–Crippen MR) is 66.2 cm³/mol. The summed E-state index contributed by atoms with van der Waals surface area (Å²) in [6.07, 6.45) is 1.55. The molecule has 19 heavy (non-hydrogen) atoms.